The molecule has 0 bridgehead atoms. The van der Waals surface area contributed by atoms with Crippen LogP contribution < -0.4 is 10.6 Å². The zero-order valence-corrected chi connectivity index (χ0v) is 14.2. The van der Waals surface area contributed by atoms with Gasteiger partial charge < -0.3 is 10.6 Å². The van der Waals surface area contributed by atoms with E-state index in [0.29, 0.717) is 23.0 Å². The van der Waals surface area contributed by atoms with Gasteiger partial charge in [0, 0.05) is 47.9 Å². The van der Waals surface area contributed by atoms with Crippen LogP contribution in [0.3, 0.4) is 0 Å². The van der Waals surface area contributed by atoms with Crippen molar-refractivity contribution in [1.29, 1.82) is 0 Å². The molecule has 3 rings (SSSR count). The van der Waals surface area contributed by atoms with Crippen molar-refractivity contribution in [3.8, 4) is 0 Å². The van der Waals surface area contributed by atoms with Gasteiger partial charge in [0.15, 0.2) is 0 Å². The van der Waals surface area contributed by atoms with Crippen molar-refractivity contribution in [2.75, 3.05) is 0 Å². The number of aromatic nitrogens is 2. The van der Waals surface area contributed by atoms with E-state index < -0.39 is 0 Å². The van der Waals surface area contributed by atoms with Gasteiger partial charge in [-0.3, -0.25) is 9.48 Å². The molecule has 2 aromatic rings. The van der Waals surface area contributed by atoms with E-state index in [1.165, 1.54) is 0 Å². The number of nitrogens with zero attached hydrogens (tertiary/aromatic N) is 2. The minimum Gasteiger partial charge on any atom is -0.348 e. The summed E-state index contributed by atoms with van der Waals surface area (Å²) in [5, 5.41) is 12.0. The van der Waals surface area contributed by atoms with Crippen molar-refractivity contribution < 1.29 is 4.79 Å². The van der Waals surface area contributed by atoms with Gasteiger partial charge in [-0.05, 0) is 24.1 Å². The van der Waals surface area contributed by atoms with Gasteiger partial charge in [0.1, 0.15) is 0 Å². The summed E-state index contributed by atoms with van der Waals surface area (Å²) in [6.07, 6.45) is 5.01. The number of piperidine rings is 1. The average molecular weight is 353 g/mol. The van der Waals surface area contributed by atoms with Gasteiger partial charge in [-0.1, -0.05) is 29.3 Å². The summed E-state index contributed by atoms with van der Waals surface area (Å²) in [4.78, 5) is 11.8. The van der Waals surface area contributed by atoms with Gasteiger partial charge in [0.05, 0.1) is 12.2 Å². The Morgan fingerprint density at radius 1 is 1.43 bits per heavy atom. The Hall–Kier alpha value is -1.56. The largest absolute Gasteiger partial charge is 0.348 e. The molecule has 2 atom stereocenters. The minimum absolute atomic E-state index is 0.0708. The van der Waals surface area contributed by atoms with Crippen LogP contribution in [0.2, 0.25) is 10.0 Å². The maximum absolute atomic E-state index is 11.8. The van der Waals surface area contributed by atoms with E-state index in [4.69, 9.17) is 23.2 Å². The number of rotatable bonds is 4. The van der Waals surface area contributed by atoms with Crippen molar-refractivity contribution in [2.24, 2.45) is 7.05 Å². The monoisotopic (exact) mass is 352 g/mol. The molecule has 23 heavy (non-hydrogen) atoms. The van der Waals surface area contributed by atoms with Crippen LogP contribution in [0.1, 0.15) is 30.0 Å². The van der Waals surface area contributed by atoms with E-state index in [9.17, 15) is 4.79 Å². The summed E-state index contributed by atoms with van der Waals surface area (Å²) in [6.45, 7) is 0.618. The van der Waals surface area contributed by atoms with Gasteiger partial charge in [0.2, 0.25) is 5.91 Å². The molecular weight excluding hydrogens is 335 g/mol. The SMILES string of the molecule is Cn1cc([C@@H]2NC(=O)CC[C@H]2NCc2ccc(Cl)cc2Cl)cn1. The highest BCUT2D eigenvalue weighted by Gasteiger charge is 2.30. The molecule has 0 saturated carbocycles. The first-order valence-corrected chi connectivity index (χ1v) is 8.24. The lowest BCUT2D eigenvalue weighted by Gasteiger charge is -2.32. The zero-order valence-electron chi connectivity index (χ0n) is 12.7. The van der Waals surface area contributed by atoms with E-state index in [0.717, 1.165) is 17.5 Å². The predicted molar refractivity (Wildman–Crippen MR) is 90.4 cm³/mol. The maximum atomic E-state index is 11.8. The number of hydrogen-bond donors (Lipinski definition) is 2. The summed E-state index contributed by atoms with van der Waals surface area (Å²) in [6, 6.07) is 5.52. The van der Waals surface area contributed by atoms with Crippen molar-refractivity contribution in [3.05, 3.63) is 51.8 Å². The molecule has 1 aromatic carbocycles. The smallest absolute Gasteiger partial charge is 0.220 e. The molecule has 1 aliphatic heterocycles. The Labute approximate surface area is 145 Å². The van der Waals surface area contributed by atoms with E-state index in [1.54, 1.807) is 16.9 Å². The topological polar surface area (TPSA) is 59.0 Å². The minimum atomic E-state index is -0.0870. The van der Waals surface area contributed by atoms with Gasteiger partial charge in [0.25, 0.3) is 0 Å². The van der Waals surface area contributed by atoms with Crippen LogP contribution in [-0.4, -0.2) is 21.7 Å². The molecule has 5 nitrogen and oxygen atoms in total. The molecule has 1 saturated heterocycles. The summed E-state index contributed by atoms with van der Waals surface area (Å²) in [7, 11) is 1.87. The average Bonchev–Trinajstić information content (AvgIpc) is 2.94. The molecule has 2 heterocycles. The molecule has 1 amide bonds. The van der Waals surface area contributed by atoms with Crippen LogP contribution in [0.5, 0.6) is 0 Å². The number of carbonyl (C=O) groups excluding carboxylic acids is 1. The van der Waals surface area contributed by atoms with Crippen LogP contribution in [0, 0.1) is 0 Å². The third-order valence-electron chi connectivity index (χ3n) is 4.06. The normalized spacial score (nSPS) is 21.3. The zero-order chi connectivity index (χ0) is 16.4. The predicted octanol–water partition coefficient (Wildman–Crippen LogP) is 2.84. The summed E-state index contributed by atoms with van der Waals surface area (Å²) in [5.41, 5.74) is 1.98. The van der Waals surface area contributed by atoms with Crippen LogP contribution in [-0.2, 0) is 18.4 Å². The third-order valence-corrected chi connectivity index (χ3v) is 4.64. The van der Waals surface area contributed by atoms with Crippen LogP contribution in [0.4, 0.5) is 0 Å². The second kappa shape index (κ2) is 6.91. The Morgan fingerprint density at radius 3 is 2.96 bits per heavy atom. The highest BCUT2D eigenvalue weighted by atomic mass is 35.5. The molecule has 1 aromatic heterocycles. The Bertz CT molecular complexity index is 716. The number of benzene rings is 1. The molecule has 0 spiro atoms. The number of aryl methyl sites for hydroxylation is 1. The maximum Gasteiger partial charge on any atom is 0.220 e. The van der Waals surface area contributed by atoms with Gasteiger partial charge in [-0.15, -0.1) is 0 Å². The van der Waals surface area contributed by atoms with Crippen molar-refractivity contribution in [3.63, 3.8) is 0 Å². The Kier molecular flexibility index (Phi) is 4.90. The molecule has 1 fully saturated rings. The van der Waals surface area contributed by atoms with Crippen LogP contribution >= 0.6 is 23.2 Å². The number of nitrogens with one attached hydrogen (secondary N) is 2. The fraction of sp³-hybridized carbons (Fsp3) is 0.375. The second-order valence-corrected chi connectivity index (χ2v) is 6.60. The fourth-order valence-corrected chi connectivity index (χ4v) is 3.32. The van der Waals surface area contributed by atoms with Crippen molar-refractivity contribution >= 4 is 29.1 Å². The van der Waals surface area contributed by atoms with Gasteiger partial charge in [-0.2, -0.15) is 5.10 Å². The standard InChI is InChI=1S/C16H18Cl2N4O/c1-22-9-11(8-20-22)16-14(4-5-15(23)21-16)19-7-10-2-3-12(17)6-13(10)18/h2-3,6,8-9,14,16,19H,4-5,7H2,1H3,(H,21,23)/t14-,16+/m1/s1. The number of carbonyl (C=O) groups is 1. The number of amides is 1. The van der Waals surface area contributed by atoms with Crippen molar-refractivity contribution in [1.82, 2.24) is 20.4 Å². The number of halogens is 2. The number of hydrogen-bond acceptors (Lipinski definition) is 3. The third kappa shape index (κ3) is 3.86. The summed E-state index contributed by atoms with van der Waals surface area (Å²) < 4.78 is 1.74. The molecule has 2 N–H and O–H groups in total. The lowest BCUT2D eigenvalue weighted by Crippen LogP contribution is -2.48. The van der Waals surface area contributed by atoms with E-state index in [2.05, 4.69) is 15.7 Å². The van der Waals surface area contributed by atoms with Crippen LogP contribution in [0.15, 0.2) is 30.6 Å². The Balaban J connectivity index is 1.72. The molecule has 122 valence electrons. The first-order valence-electron chi connectivity index (χ1n) is 7.48. The van der Waals surface area contributed by atoms with Gasteiger partial charge >= 0.3 is 0 Å². The fourth-order valence-electron chi connectivity index (χ4n) is 2.84. The van der Waals surface area contributed by atoms with E-state index in [-0.39, 0.29) is 18.0 Å². The highest BCUT2D eigenvalue weighted by Crippen LogP contribution is 2.25. The lowest BCUT2D eigenvalue weighted by molar-refractivity contribution is -0.123. The molecular formula is C16H18Cl2N4O. The Morgan fingerprint density at radius 2 is 2.26 bits per heavy atom. The van der Waals surface area contributed by atoms with E-state index in [1.807, 2.05) is 25.4 Å². The van der Waals surface area contributed by atoms with Crippen molar-refractivity contribution in [2.45, 2.75) is 31.5 Å². The quantitative estimate of drug-likeness (QED) is 0.889. The van der Waals surface area contributed by atoms with E-state index >= 15 is 0 Å². The molecule has 7 heteroatoms. The molecule has 0 aliphatic carbocycles. The lowest BCUT2D eigenvalue weighted by atomic mass is 9.93. The summed E-state index contributed by atoms with van der Waals surface area (Å²) in [5.74, 6) is 0.0708. The highest BCUT2D eigenvalue weighted by molar-refractivity contribution is 6.35. The second-order valence-electron chi connectivity index (χ2n) is 5.75. The molecule has 0 unspecified atom stereocenters. The first-order chi connectivity index (χ1) is 11.0. The molecule has 0 radical (unpaired) electrons. The van der Waals surface area contributed by atoms with Crippen LogP contribution in [0.25, 0.3) is 0 Å². The first kappa shape index (κ1) is 16.3. The summed E-state index contributed by atoms with van der Waals surface area (Å²) >= 11 is 12.1. The van der Waals surface area contributed by atoms with Gasteiger partial charge in [-0.25, -0.2) is 0 Å². The molecule has 1 aliphatic rings.